The zero-order valence-corrected chi connectivity index (χ0v) is 28.6. The van der Waals surface area contributed by atoms with Crippen LogP contribution in [0.15, 0.2) is 132 Å². The lowest BCUT2D eigenvalue weighted by Crippen LogP contribution is -2.09. The van der Waals surface area contributed by atoms with Gasteiger partial charge in [0, 0.05) is 10.8 Å². The number of imidazole rings is 1. The van der Waals surface area contributed by atoms with Crippen molar-refractivity contribution >= 4 is 54.5 Å². The number of nitrogens with zero attached hydrogens (tertiary/aromatic N) is 2. The van der Waals surface area contributed by atoms with Crippen LogP contribution >= 0.6 is 0 Å². The number of aryl methyl sites for hydroxylation is 1. The smallest absolute Gasteiger partial charge is 0.149 e. The van der Waals surface area contributed by atoms with Gasteiger partial charge in [0.15, 0.2) is 0 Å². The summed E-state index contributed by atoms with van der Waals surface area (Å²) in [5.74, 6) is 1.47. The second-order valence-corrected chi connectivity index (χ2v) is 14.1. The van der Waals surface area contributed by atoms with Crippen molar-refractivity contribution < 1.29 is 4.42 Å². The summed E-state index contributed by atoms with van der Waals surface area (Å²) in [6.07, 6.45) is 0. The van der Waals surface area contributed by atoms with Crippen molar-refractivity contribution in [3.8, 4) is 28.2 Å². The van der Waals surface area contributed by atoms with Gasteiger partial charge in [-0.15, -0.1) is 0 Å². The number of hydrogen-bond donors (Lipinski definition) is 0. The largest absolute Gasteiger partial charge is 0.455 e. The van der Waals surface area contributed by atoms with E-state index in [1.807, 2.05) is 0 Å². The SMILES string of the molecule is Cc1ccc2nc(-c3cccc4c3oc3cc5c(ccc6ccccc65)cc34)n(-c3c(C(C)C)cc(-c4ccccc4)cc3C(C)C)c2c1. The number of aromatic nitrogens is 2. The molecule has 3 nitrogen and oxygen atoms in total. The lowest BCUT2D eigenvalue weighted by atomic mass is 9.88. The highest BCUT2D eigenvalue weighted by atomic mass is 16.3. The number of fused-ring (bicyclic) bond motifs is 7. The minimum absolute atomic E-state index is 0.288. The van der Waals surface area contributed by atoms with E-state index in [9.17, 15) is 0 Å². The molecule has 238 valence electrons. The van der Waals surface area contributed by atoms with E-state index in [1.54, 1.807) is 0 Å². The van der Waals surface area contributed by atoms with E-state index in [0.717, 1.165) is 44.4 Å². The Bertz CT molecular complexity index is 2700. The molecule has 0 unspecified atom stereocenters. The fourth-order valence-electron chi connectivity index (χ4n) is 7.68. The monoisotopic (exact) mass is 634 g/mol. The summed E-state index contributed by atoms with van der Waals surface area (Å²) in [5, 5.41) is 7.11. The summed E-state index contributed by atoms with van der Waals surface area (Å²) in [6.45, 7) is 11.4. The highest BCUT2D eigenvalue weighted by molar-refractivity contribution is 6.17. The Kier molecular flexibility index (Phi) is 6.74. The normalized spacial score (nSPS) is 12.1. The van der Waals surface area contributed by atoms with Crippen molar-refractivity contribution in [1.29, 1.82) is 0 Å². The molecule has 2 aromatic heterocycles. The Morgan fingerprint density at radius 3 is 2.06 bits per heavy atom. The van der Waals surface area contributed by atoms with Gasteiger partial charge in [-0.05, 0) is 111 Å². The van der Waals surface area contributed by atoms with Gasteiger partial charge < -0.3 is 4.42 Å². The van der Waals surface area contributed by atoms with E-state index >= 15 is 0 Å². The standard InChI is InChI=1S/C46H38N2O/c1-27(2)37-24-33(30-12-7-6-8-13-30)25-38(28(3)4)44(37)48-42-22-29(5)18-21-41(42)47-46(48)36-17-11-16-35-40-23-32-20-19-31-14-9-10-15-34(31)39(32)26-43(40)49-45(35)36/h6-28H,1-5H3. The third kappa shape index (κ3) is 4.68. The van der Waals surface area contributed by atoms with Gasteiger partial charge >= 0.3 is 0 Å². The lowest BCUT2D eigenvalue weighted by molar-refractivity contribution is 0.670. The number of rotatable bonds is 5. The van der Waals surface area contributed by atoms with Crippen molar-refractivity contribution in [3.05, 3.63) is 144 Å². The Morgan fingerprint density at radius 1 is 0.571 bits per heavy atom. The van der Waals surface area contributed by atoms with Gasteiger partial charge in [0.2, 0.25) is 0 Å². The summed E-state index contributed by atoms with van der Waals surface area (Å²) < 4.78 is 9.31. The van der Waals surface area contributed by atoms with Gasteiger partial charge in [-0.25, -0.2) is 4.98 Å². The molecule has 0 N–H and O–H groups in total. The van der Waals surface area contributed by atoms with Gasteiger partial charge in [-0.1, -0.05) is 113 Å². The van der Waals surface area contributed by atoms with Gasteiger partial charge in [-0.3, -0.25) is 4.57 Å². The molecule has 0 bridgehead atoms. The zero-order valence-electron chi connectivity index (χ0n) is 28.6. The van der Waals surface area contributed by atoms with Crippen LogP contribution in [0.5, 0.6) is 0 Å². The predicted molar refractivity (Wildman–Crippen MR) is 207 cm³/mol. The maximum atomic E-state index is 6.88. The van der Waals surface area contributed by atoms with Crippen molar-refractivity contribution in [3.63, 3.8) is 0 Å². The van der Waals surface area contributed by atoms with E-state index < -0.39 is 0 Å². The van der Waals surface area contributed by atoms with Gasteiger partial charge in [0.25, 0.3) is 0 Å². The topological polar surface area (TPSA) is 31.0 Å². The van der Waals surface area contributed by atoms with Gasteiger partial charge in [0.1, 0.15) is 17.0 Å². The second kappa shape index (κ2) is 11.2. The predicted octanol–water partition coefficient (Wildman–Crippen LogP) is 13.1. The van der Waals surface area contributed by atoms with Crippen molar-refractivity contribution in [1.82, 2.24) is 9.55 Å². The molecule has 0 spiro atoms. The molecular formula is C46H38N2O. The molecule has 0 aliphatic rings. The second-order valence-electron chi connectivity index (χ2n) is 14.1. The molecule has 7 aromatic carbocycles. The first-order valence-electron chi connectivity index (χ1n) is 17.4. The van der Waals surface area contributed by atoms with Crippen LogP contribution in [0.1, 0.15) is 56.2 Å². The van der Waals surface area contributed by atoms with Crippen LogP contribution in [0.2, 0.25) is 0 Å². The molecule has 3 heteroatoms. The van der Waals surface area contributed by atoms with Crippen LogP contribution in [0.3, 0.4) is 0 Å². The first kappa shape index (κ1) is 29.5. The third-order valence-electron chi connectivity index (χ3n) is 10.2. The maximum Gasteiger partial charge on any atom is 0.149 e. The number of furan rings is 1. The molecular weight excluding hydrogens is 597 g/mol. The van der Waals surface area contributed by atoms with Crippen LogP contribution in [-0.2, 0) is 0 Å². The number of para-hydroxylation sites is 1. The highest BCUT2D eigenvalue weighted by Gasteiger charge is 2.25. The fourth-order valence-corrected chi connectivity index (χ4v) is 7.68. The first-order chi connectivity index (χ1) is 23.9. The molecule has 2 heterocycles. The van der Waals surface area contributed by atoms with E-state index in [2.05, 4.69) is 167 Å². The van der Waals surface area contributed by atoms with Crippen LogP contribution in [0.25, 0.3) is 82.7 Å². The van der Waals surface area contributed by atoms with Gasteiger partial charge in [0.05, 0.1) is 22.3 Å². The van der Waals surface area contributed by atoms with Crippen LogP contribution in [0.4, 0.5) is 0 Å². The molecule has 0 saturated heterocycles. The minimum Gasteiger partial charge on any atom is -0.455 e. The summed E-state index contributed by atoms with van der Waals surface area (Å²) in [4.78, 5) is 5.40. The van der Waals surface area contributed by atoms with Crippen LogP contribution in [0, 0.1) is 6.92 Å². The Hall–Kier alpha value is -5.67. The van der Waals surface area contributed by atoms with E-state index in [1.165, 1.54) is 55.0 Å². The van der Waals surface area contributed by atoms with Crippen molar-refractivity contribution in [2.75, 3.05) is 0 Å². The van der Waals surface area contributed by atoms with Crippen molar-refractivity contribution in [2.24, 2.45) is 0 Å². The Balaban J connectivity index is 1.36. The van der Waals surface area contributed by atoms with E-state index in [-0.39, 0.29) is 11.8 Å². The van der Waals surface area contributed by atoms with E-state index in [0.29, 0.717) is 0 Å². The zero-order chi connectivity index (χ0) is 33.4. The van der Waals surface area contributed by atoms with E-state index in [4.69, 9.17) is 9.40 Å². The van der Waals surface area contributed by atoms with Crippen LogP contribution in [-0.4, -0.2) is 9.55 Å². The average molecular weight is 635 g/mol. The van der Waals surface area contributed by atoms with Crippen LogP contribution < -0.4 is 0 Å². The summed E-state index contributed by atoms with van der Waals surface area (Å²) in [6, 6.07) is 46.1. The minimum atomic E-state index is 0.288. The summed E-state index contributed by atoms with van der Waals surface area (Å²) in [5.41, 5.74) is 12.4. The maximum absolute atomic E-state index is 6.88. The Labute approximate surface area is 286 Å². The molecule has 49 heavy (non-hydrogen) atoms. The fraction of sp³-hybridized carbons (Fsp3) is 0.152. The number of benzene rings is 7. The molecule has 0 saturated carbocycles. The molecule has 0 aliphatic carbocycles. The Morgan fingerprint density at radius 2 is 1.29 bits per heavy atom. The quantitative estimate of drug-likeness (QED) is 0.176. The van der Waals surface area contributed by atoms with Crippen molar-refractivity contribution in [2.45, 2.75) is 46.5 Å². The highest BCUT2D eigenvalue weighted by Crippen LogP contribution is 2.43. The molecule has 0 atom stereocenters. The molecule has 0 fully saturated rings. The summed E-state index contributed by atoms with van der Waals surface area (Å²) in [7, 11) is 0. The molecule has 9 aromatic rings. The summed E-state index contributed by atoms with van der Waals surface area (Å²) >= 11 is 0. The lowest BCUT2D eigenvalue weighted by Gasteiger charge is -2.24. The molecule has 0 radical (unpaired) electrons. The molecule has 0 amide bonds. The van der Waals surface area contributed by atoms with Gasteiger partial charge in [-0.2, -0.15) is 0 Å². The number of hydrogen-bond acceptors (Lipinski definition) is 2. The molecule has 0 aliphatic heterocycles. The molecule has 9 rings (SSSR count). The third-order valence-corrected chi connectivity index (χ3v) is 10.2. The average Bonchev–Trinajstić information content (AvgIpc) is 3.68. The first-order valence-corrected chi connectivity index (χ1v) is 17.4.